The van der Waals surface area contributed by atoms with Crippen molar-refractivity contribution in [3.8, 4) is 0 Å². The minimum atomic E-state index is -0.822. The Bertz CT molecular complexity index is 274. The van der Waals surface area contributed by atoms with Gasteiger partial charge in [0.05, 0.1) is 19.3 Å². The summed E-state index contributed by atoms with van der Waals surface area (Å²) in [4.78, 5) is 0. The average molecular weight is 230 g/mol. The number of hydrogen-bond donors (Lipinski definition) is 2. The average Bonchev–Trinajstić information content (AvgIpc) is 2.56. The summed E-state index contributed by atoms with van der Waals surface area (Å²) in [6.45, 7) is 11.1. The Balaban J connectivity index is 2.78. The van der Waals surface area contributed by atoms with Crippen LogP contribution in [0.2, 0.25) is 0 Å². The smallest absolute Gasteiger partial charge is 0.163 e. The molecule has 4 heteroatoms. The summed E-state index contributed by atoms with van der Waals surface area (Å²) in [5.74, 6) is -0.670. The Kier molecular flexibility index (Phi) is 3.80. The van der Waals surface area contributed by atoms with Gasteiger partial charge in [-0.05, 0) is 20.8 Å². The van der Waals surface area contributed by atoms with E-state index in [1.165, 1.54) is 0 Å². The number of rotatable bonds is 4. The third-order valence-electron chi connectivity index (χ3n) is 3.34. The lowest BCUT2D eigenvalue weighted by molar-refractivity contribution is -0.162. The van der Waals surface area contributed by atoms with Gasteiger partial charge in [0.25, 0.3) is 0 Å². The molecule has 0 radical (unpaired) electrons. The molecule has 1 aliphatic rings. The van der Waals surface area contributed by atoms with Crippen LogP contribution in [-0.4, -0.2) is 41.4 Å². The van der Waals surface area contributed by atoms with Gasteiger partial charge in [-0.2, -0.15) is 0 Å². The highest BCUT2D eigenvalue weighted by molar-refractivity contribution is 5.11. The van der Waals surface area contributed by atoms with E-state index in [1.54, 1.807) is 27.7 Å². The van der Waals surface area contributed by atoms with Gasteiger partial charge < -0.3 is 19.7 Å². The SMILES string of the molecule is C=C(C)[C@@](C)(CO)[C@H](O)[C@H]1COC(C)(C)O1. The Morgan fingerprint density at radius 3 is 2.50 bits per heavy atom. The van der Waals surface area contributed by atoms with Crippen molar-refractivity contribution < 1.29 is 19.7 Å². The second-order valence-electron chi connectivity index (χ2n) is 5.17. The zero-order valence-electron chi connectivity index (χ0n) is 10.5. The molecule has 0 aromatic carbocycles. The molecule has 1 rings (SSSR count). The van der Waals surface area contributed by atoms with Gasteiger partial charge in [0.15, 0.2) is 5.79 Å². The van der Waals surface area contributed by atoms with Crippen molar-refractivity contribution in [3.63, 3.8) is 0 Å². The molecular weight excluding hydrogens is 208 g/mol. The van der Waals surface area contributed by atoms with Gasteiger partial charge >= 0.3 is 0 Å². The highest BCUT2D eigenvalue weighted by atomic mass is 16.7. The van der Waals surface area contributed by atoms with Crippen LogP contribution >= 0.6 is 0 Å². The fourth-order valence-electron chi connectivity index (χ4n) is 1.76. The van der Waals surface area contributed by atoms with Crippen LogP contribution in [0.5, 0.6) is 0 Å². The molecule has 4 nitrogen and oxygen atoms in total. The van der Waals surface area contributed by atoms with E-state index < -0.39 is 23.4 Å². The minimum absolute atomic E-state index is 0.163. The van der Waals surface area contributed by atoms with Crippen molar-refractivity contribution in [3.05, 3.63) is 12.2 Å². The van der Waals surface area contributed by atoms with Crippen molar-refractivity contribution in [2.75, 3.05) is 13.2 Å². The molecule has 1 fully saturated rings. The van der Waals surface area contributed by atoms with Crippen molar-refractivity contribution in [2.24, 2.45) is 5.41 Å². The zero-order valence-corrected chi connectivity index (χ0v) is 10.5. The topological polar surface area (TPSA) is 58.9 Å². The zero-order chi connectivity index (χ0) is 12.6. The first-order chi connectivity index (χ1) is 7.23. The van der Waals surface area contributed by atoms with E-state index in [4.69, 9.17) is 9.47 Å². The predicted octanol–water partition coefficient (Wildman–Crippen LogP) is 1.07. The Morgan fingerprint density at radius 1 is 1.62 bits per heavy atom. The van der Waals surface area contributed by atoms with Gasteiger partial charge in [0, 0.05) is 5.41 Å². The number of hydrogen-bond acceptors (Lipinski definition) is 4. The Hall–Kier alpha value is -0.420. The maximum Gasteiger partial charge on any atom is 0.163 e. The van der Waals surface area contributed by atoms with Crippen LogP contribution in [0.1, 0.15) is 27.7 Å². The minimum Gasteiger partial charge on any atom is -0.395 e. The molecular formula is C12H22O4. The van der Waals surface area contributed by atoms with Gasteiger partial charge in [0.1, 0.15) is 6.10 Å². The van der Waals surface area contributed by atoms with Gasteiger partial charge in [-0.15, -0.1) is 0 Å². The molecule has 0 spiro atoms. The van der Waals surface area contributed by atoms with Crippen LogP contribution in [0.15, 0.2) is 12.2 Å². The first kappa shape index (κ1) is 13.6. The summed E-state index contributed by atoms with van der Waals surface area (Å²) >= 11 is 0. The fourth-order valence-corrected chi connectivity index (χ4v) is 1.76. The lowest BCUT2D eigenvalue weighted by atomic mass is 9.77. The molecule has 0 unspecified atom stereocenters. The van der Waals surface area contributed by atoms with Crippen LogP contribution in [-0.2, 0) is 9.47 Å². The maximum absolute atomic E-state index is 10.2. The van der Waals surface area contributed by atoms with E-state index >= 15 is 0 Å². The van der Waals surface area contributed by atoms with Gasteiger partial charge in [-0.3, -0.25) is 0 Å². The van der Waals surface area contributed by atoms with Crippen molar-refractivity contribution in [1.29, 1.82) is 0 Å². The highest BCUT2D eigenvalue weighted by Gasteiger charge is 2.45. The summed E-state index contributed by atoms with van der Waals surface area (Å²) in [7, 11) is 0. The second-order valence-corrected chi connectivity index (χ2v) is 5.17. The summed E-state index contributed by atoms with van der Waals surface area (Å²) in [5.41, 5.74) is -0.0233. The summed E-state index contributed by atoms with van der Waals surface area (Å²) in [6.07, 6.45) is -1.25. The van der Waals surface area contributed by atoms with Crippen LogP contribution in [0.3, 0.4) is 0 Å². The molecule has 0 amide bonds. The van der Waals surface area contributed by atoms with Crippen LogP contribution in [0, 0.1) is 5.41 Å². The van der Waals surface area contributed by atoms with E-state index in [0.717, 1.165) is 5.57 Å². The number of ether oxygens (including phenoxy) is 2. The molecule has 2 N–H and O–H groups in total. The third-order valence-corrected chi connectivity index (χ3v) is 3.34. The number of aliphatic hydroxyl groups excluding tert-OH is 2. The molecule has 1 heterocycles. The number of aliphatic hydroxyl groups is 2. The van der Waals surface area contributed by atoms with Gasteiger partial charge in [-0.25, -0.2) is 0 Å². The second kappa shape index (κ2) is 4.45. The third kappa shape index (κ3) is 2.46. The van der Waals surface area contributed by atoms with E-state index in [9.17, 15) is 10.2 Å². The maximum atomic E-state index is 10.2. The van der Waals surface area contributed by atoms with Crippen LogP contribution < -0.4 is 0 Å². The molecule has 0 saturated carbocycles. The quantitative estimate of drug-likeness (QED) is 0.709. The highest BCUT2D eigenvalue weighted by Crippen LogP contribution is 2.35. The summed E-state index contributed by atoms with van der Waals surface area (Å²) in [5, 5.41) is 19.6. The summed E-state index contributed by atoms with van der Waals surface area (Å²) < 4.78 is 11.0. The Morgan fingerprint density at radius 2 is 2.19 bits per heavy atom. The van der Waals surface area contributed by atoms with Crippen molar-refractivity contribution >= 4 is 0 Å². The fraction of sp³-hybridized carbons (Fsp3) is 0.833. The monoisotopic (exact) mass is 230 g/mol. The van der Waals surface area contributed by atoms with Gasteiger partial charge in [0.2, 0.25) is 0 Å². The van der Waals surface area contributed by atoms with E-state index in [2.05, 4.69) is 6.58 Å². The molecule has 16 heavy (non-hydrogen) atoms. The van der Waals surface area contributed by atoms with E-state index in [1.807, 2.05) is 0 Å². The molecule has 0 aromatic rings. The summed E-state index contributed by atoms with van der Waals surface area (Å²) in [6, 6.07) is 0. The predicted molar refractivity (Wildman–Crippen MR) is 60.9 cm³/mol. The molecule has 0 aliphatic carbocycles. The van der Waals surface area contributed by atoms with Crippen LogP contribution in [0.4, 0.5) is 0 Å². The van der Waals surface area contributed by atoms with Gasteiger partial charge in [-0.1, -0.05) is 19.1 Å². The van der Waals surface area contributed by atoms with E-state index in [-0.39, 0.29) is 6.61 Å². The van der Waals surface area contributed by atoms with Crippen LogP contribution in [0.25, 0.3) is 0 Å². The molecule has 3 atom stereocenters. The molecule has 1 saturated heterocycles. The molecule has 1 aliphatic heterocycles. The largest absolute Gasteiger partial charge is 0.395 e. The molecule has 0 aromatic heterocycles. The molecule has 0 bridgehead atoms. The normalized spacial score (nSPS) is 29.8. The lowest BCUT2D eigenvalue weighted by Gasteiger charge is -2.36. The van der Waals surface area contributed by atoms with Crippen molar-refractivity contribution in [2.45, 2.75) is 45.7 Å². The first-order valence-corrected chi connectivity index (χ1v) is 5.49. The lowest BCUT2D eigenvalue weighted by Crippen LogP contribution is -2.46. The van der Waals surface area contributed by atoms with Crippen molar-refractivity contribution in [1.82, 2.24) is 0 Å². The first-order valence-electron chi connectivity index (χ1n) is 5.49. The molecule has 94 valence electrons. The Labute approximate surface area is 96.9 Å². The van der Waals surface area contributed by atoms with E-state index in [0.29, 0.717) is 6.61 Å². The standard InChI is InChI=1S/C12H22O4/c1-8(2)12(5,7-13)10(14)9-6-15-11(3,4)16-9/h9-10,13-14H,1,6-7H2,2-5H3/t9-,10-,12-/m1/s1.